The van der Waals surface area contributed by atoms with Gasteiger partial charge in [0, 0.05) is 12.8 Å². The summed E-state index contributed by atoms with van der Waals surface area (Å²) < 4.78 is 92.7. The van der Waals surface area contributed by atoms with Gasteiger partial charge in [-0.05, 0) is 53.6 Å². The van der Waals surface area contributed by atoms with Crippen molar-refractivity contribution >= 4 is 43.5 Å². The summed E-state index contributed by atoms with van der Waals surface area (Å²) in [6.07, 6.45) is -3.20. The lowest BCUT2D eigenvalue weighted by Gasteiger charge is -2.22. The van der Waals surface area contributed by atoms with E-state index in [1.165, 1.54) is 23.0 Å². The zero-order valence-corrected chi connectivity index (χ0v) is 28.3. The summed E-state index contributed by atoms with van der Waals surface area (Å²) in [5.41, 5.74) is 0.854. The first-order chi connectivity index (χ1) is 24.2. The molecule has 5 aromatic rings. The van der Waals surface area contributed by atoms with Crippen LogP contribution in [0.1, 0.15) is 28.4 Å². The van der Waals surface area contributed by atoms with Crippen molar-refractivity contribution < 1.29 is 49.8 Å². The minimum atomic E-state index is -4.55. The quantitative estimate of drug-likeness (QED) is 0.117. The molecule has 3 aromatic carbocycles. The molecule has 5 rings (SSSR count). The number of carbonyl (C=O) groups is 2. The normalized spacial score (nSPS) is 13.1. The second kappa shape index (κ2) is 15.8. The SMILES string of the molecule is COC(=O)[C@@H](Cc1ccc(C(F)(F)F)cc1)NC(=O)[C@H](Cc1ccc(OCCF)cc1)n1cc(COc2ccc3nc(S(N)(=O)=O)sc3c2)nn1. The zero-order valence-electron chi connectivity index (χ0n) is 26.7. The number of fused-ring (bicyclic) bond motifs is 1. The van der Waals surface area contributed by atoms with Crippen LogP contribution < -0.4 is 19.9 Å². The van der Waals surface area contributed by atoms with E-state index < -0.39 is 52.4 Å². The number of halogens is 4. The lowest BCUT2D eigenvalue weighted by Crippen LogP contribution is -2.46. The Morgan fingerprint density at radius 1 is 0.980 bits per heavy atom. The molecule has 0 saturated carbocycles. The Morgan fingerprint density at radius 3 is 2.29 bits per heavy atom. The Kier molecular flexibility index (Phi) is 11.5. The van der Waals surface area contributed by atoms with Crippen molar-refractivity contribution in [2.75, 3.05) is 20.4 Å². The van der Waals surface area contributed by atoms with Crippen molar-refractivity contribution in [1.82, 2.24) is 25.3 Å². The molecule has 0 unspecified atom stereocenters. The first kappa shape index (κ1) is 37.1. The van der Waals surface area contributed by atoms with E-state index >= 15 is 0 Å². The van der Waals surface area contributed by atoms with E-state index in [9.17, 15) is 35.6 Å². The molecule has 51 heavy (non-hydrogen) atoms. The van der Waals surface area contributed by atoms with Gasteiger partial charge in [0.25, 0.3) is 10.0 Å². The molecule has 0 radical (unpaired) electrons. The van der Waals surface area contributed by atoms with Crippen LogP contribution in [0, 0.1) is 0 Å². The molecule has 0 aliphatic rings. The van der Waals surface area contributed by atoms with Crippen LogP contribution in [0.3, 0.4) is 0 Å². The molecule has 0 fully saturated rings. The number of alkyl halides is 4. The van der Waals surface area contributed by atoms with Crippen LogP contribution in [-0.4, -0.2) is 66.7 Å². The highest BCUT2D eigenvalue weighted by atomic mass is 32.2. The Labute approximate surface area is 292 Å². The summed E-state index contributed by atoms with van der Waals surface area (Å²) in [6, 6.07) is 13.1. The number of aromatic nitrogens is 4. The smallest absolute Gasteiger partial charge is 0.416 e. The van der Waals surface area contributed by atoms with Gasteiger partial charge in [0.05, 0.1) is 29.1 Å². The number of sulfonamides is 1. The number of benzene rings is 3. The number of amides is 1. The van der Waals surface area contributed by atoms with E-state index in [2.05, 4.69) is 20.6 Å². The van der Waals surface area contributed by atoms with Crippen molar-refractivity contribution in [3.8, 4) is 11.5 Å². The number of nitrogens with two attached hydrogens (primary N) is 1. The Hall–Kier alpha value is -5.14. The molecule has 13 nitrogen and oxygen atoms in total. The van der Waals surface area contributed by atoms with E-state index in [4.69, 9.17) is 19.3 Å². The van der Waals surface area contributed by atoms with Crippen molar-refractivity contribution in [3.05, 3.63) is 95.3 Å². The largest absolute Gasteiger partial charge is 0.491 e. The lowest BCUT2D eigenvalue weighted by molar-refractivity contribution is -0.145. The molecule has 19 heteroatoms. The van der Waals surface area contributed by atoms with Crippen molar-refractivity contribution in [2.24, 2.45) is 5.14 Å². The minimum Gasteiger partial charge on any atom is -0.491 e. The molecule has 0 bridgehead atoms. The number of rotatable bonds is 15. The molecule has 1 amide bonds. The molecule has 0 spiro atoms. The highest BCUT2D eigenvalue weighted by Gasteiger charge is 2.31. The second-order valence-electron chi connectivity index (χ2n) is 11.0. The van der Waals surface area contributed by atoms with Gasteiger partial charge in [-0.25, -0.2) is 32.4 Å². The minimum absolute atomic E-state index is 0.0431. The molecular formula is C32H30F4N6O7S2. The number of thiazole rings is 1. The maximum absolute atomic E-state index is 13.8. The average molecular weight is 751 g/mol. The molecule has 3 N–H and O–H groups in total. The molecular weight excluding hydrogens is 721 g/mol. The van der Waals surface area contributed by atoms with E-state index in [1.807, 2.05) is 0 Å². The van der Waals surface area contributed by atoms with Gasteiger partial charge in [0.2, 0.25) is 10.2 Å². The van der Waals surface area contributed by atoms with Gasteiger partial charge in [0.1, 0.15) is 49.2 Å². The first-order valence-corrected chi connectivity index (χ1v) is 17.4. The fourth-order valence-electron chi connectivity index (χ4n) is 4.86. The van der Waals surface area contributed by atoms with E-state index in [-0.39, 0.29) is 30.4 Å². The van der Waals surface area contributed by atoms with Crippen LogP contribution in [0.2, 0.25) is 0 Å². The van der Waals surface area contributed by atoms with Crippen LogP contribution >= 0.6 is 11.3 Å². The van der Waals surface area contributed by atoms with Crippen LogP contribution in [-0.2, 0) is 50.0 Å². The first-order valence-electron chi connectivity index (χ1n) is 15.0. The monoisotopic (exact) mass is 750 g/mol. The number of carbonyl (C=O) groups excluding carboxylic acids is 2. The number of ether oxygens (including phenoxy) is 3. The fraction of sp³-hybridized carbons (Fsp3) is 0.281. The second-order valence-corrected chi connectivity index (χ2v) is 13.8. The number of nitrogens with zero attached hydrogens (tertiary/aromatic N) is 4. The van der Waals surface area contributed by atoms with E-state index in [1.54, 1.807) is 42.5 Å². The van der Waals surface area contributed by atoms with Crippen LogP contribution in [0.4, 0.5) is 17.6 Å². The van der Waals surface area contributed by atoms with Gasteiger partial charge >= 0.3 is 12.1 Å². The molecule has 2 heterocycles. The summed E-state index contributed by atoms with van der Waals surface area (Å²) in [4.78, 5) is 30.6. The molecule has 0 saturated heterocycles. The summed E-state index contributed by atoms with van der Waals surface area (Å²) in [5, 5.41) is 16.1. The standard InChI is InChI=1S/C32H30F4N6O7S2/c1-47-30(44)26(14-19-2-6-21(7-3-19)32(34,35)36)38-29(43)27(15-20-4-8-23(9-5-20)48-13-12-33)42-17-22(40-41-42)18-49-24-10-11-25-28(16-24)50-31(39-25)51(37,45)46/h2-11,16-17,26-27H,12-15,18H2,1H3,(H,38,43)(H2,37,45,46)/t26-,27+/m1/s1. The highest BCUT2D eigenvalue weighted by Crippen LogP contribution is 2.30. The number of hydrogen-bond donors (Lipinski definition) is 2. The van der Waals surface area contributed by atoms with Crippen LogP contribution in [0.25, 0.3) is 10.2 Å². The number of esters is 1. The van der Waals surface area contributed by atoms with Crippen LogP contribution in [0.5, 0.6) is 11.5 Å². The van der Waals surface area contributed by atoms with E-state index in [0.29, 0.717) is 38.5 Å². The number of hydrogen-bond acceptors (Lipinski definition) is 11. The third-order valence-corrected chi connectivity index (χ3v) is 9.71. The molecule has 270 valence electrons. The summed E-state index contributed by atoms with van der Waals surface area (Å²) >= 11 is 0.884. The summed E-state index contributed by atoms with van der Waals surface area (Å²) in [7, 11) is -2.86. The maximum atomic E-state index is 13.8. The highest BCUT2D eigenvalue weighted by molar-refractivity contribution is 7.91. The Morgan fingerprint density at radius 2 is 1.65 bits per heavy atom. The Balaban J connectivity index is 1.35. The third kappa shape index (κ3) is 9.77. The maximum Gasteiger partial charge on any atom is 0.416 e. The average Bonchev–Trinajstić information content (AvgIpc) is 3.76. The van der Waals surface area contributed by atoms with Crippen molar-refractivity contribution in [2.45, 2.75) is 42.0 Å². The van der Waals surface area contributed by atoms with Gasteiger partial charge in [-0.2, -0.15) is 13.2 Å². The zero-order chi connectivity index (χ0) is 36.8. The summed E-state index contributed by atoms with van der Waals surface area (Å²) in [5.74, 6) is -0.709. The van der Waals surface area contributed by atoms with Crippen molar-refractivity contribution in [1.29, 1.82) is 0 Å². The predicted molar refractivity (Wildman–Crippen MR) is 175 cm³/mol. The van der Waals surface area contributed by atoms with E-state index in [0.717, 1.165) is 30.6 Å². The van der Waals surface area contributed by atoms with Gasteiger partial charge in [-0.15, -0.1) is 16.4 Å². The molecule has 0 aliphatic carbocycles. The van der Waals surface area contributed by atoms with Gasteiger partial charge in [0.15, 0.2) is 0 Å². The lowest BCUT2D eigenvalue weighted by atomic mass is 10.0. The molecule has 2 atom stereocenters. The number of methoxy groups -OCH3 is 1. The fourth-order valence-corrected chi connectivity index (χ4v) is 6.55. The molecule has 0 aliphatic heterocycles. The van der Waals surface area contributed by atoms with Gasteiger partial charge in [-0.1, -0.05) is 29.5 Å². The summed E-state index contributed by atoms with van der Waals surface area (Å²) in [6.45, 7) is -0.896. The molecule has 2 aromatic heterocycles. The van der Waals surface area contributed by atoms with Crippen molar-refractivity contribution in [3.63, 3.8) is 0 Å². The van der Waals surface area contributed by atoms with Gasteiger partial charge in [-0.3, -0.25) is 4.79 Å². The third-order valence-electron chi connectivity index (χ3n) is 7.37. The number of primary sulfonamides is 1. The topological polar surface area (TPSA) is 178 Å². The van der Waals surface area contributed by atoms with Gasteiger partial charge < -0.3 is 19.5 Å². The van der Waals surface area contributed by atoms with Crippen LogP contribution in [0.15, 0.2) is 77.3 Å². The Bertz CT molecular complexity index is 2090. The number of nitrogens with one attached hydrogen (secondary N) is 1. The predicted octanol–water partition coefficient (Wildman–Crippen LogP) is 4.17.